The number of pyridine rings is 1. The molecule has 0 aliphatic rings. The number of fused-ring (bicyclic) bond motifs is 9. The topological polar surface area (TPSA) is 83.5 Å². The van der Waals surface area contributed by atoms with Crippen LogP contribution >= 0.6 is 0 Å². The van der Waals surface area contributed by atoms with Gasteiger partial charge in [-0.1, -0.05) is 84.9 Å². The zero-order chi connectivity index (χ0) is 32.6. The van der Waals surface area contributed by atoms with Gasteiger partial charge < -0.3 is 13.6 Å². The molecule has 0 saturated carbocycles. The monoisotopic (exact) mass is 625 g/mol. The Hall–Kier alpha value is -7.15. The van der Waals surface area contributed by atoms with Crippen molar-refractivity contribution in [2.24, 2.45) is 0 Å². The molecule has 0 saturated heterocycles. The van der Waals surface area contributed by atoms with Gasteiger partial charge in [-0.25, -0.2) is 4.98 Å². The van der Waals surface area contributed by atoms with Gasteiger partial charge in [0.05, 0.1) is 33.1 Å². The van der Waals surface area contributed by atoms with E-state index in [0.29, 0.717) is 22.2 Å². The smallest absolute Gasteiger partial charge is 0.185 e. The first-order valence-electron chi connectivity index (χ1n) is 16.0. The lowest BCUT2D eigenvalue weighted by Crippen LogP contribution is -2.02. The van der Waals surface area contributed by atoms with Crippen LogP contribution in [0.4, 0.5) is 0 Å². The molecule has 0 atom stereocenters. The van der Waals surface area contributed by atoms with Gasteiger partial charge in [-0.15, -0.1) is 0 Å². The molecule has 0 fully saturated rings. The highest BCUT2D eigenvalue weighted by Gasteiger charge is 2.25. The van der Waals surface area contributed by atoms with Gasteiger partial charge in [0.2, 0.25) is 0 Å². The van der Waals surface area contributed by atoms with Gasteiger partial charge in [0, 0.05) is 32.6 Å². The summed E-state index contributed by atoms with van der Waals surface area (Å²) in [5.41, 5.74) is 9.16. The second kappa shape index (κ2) is 10.2. The van der Waals surface area contributed by atoms with Gasteiger partial charge >= 0.3 is 0 Å². The summed E-state index contributed by atoms with van der Waals surface area (Å²) in [6.45, 7) is 0. The zero-order valence-corrected chi connectivity index (χ0v) is 25.9. The first-order valence-corrected chi connectivity index (χ1v) is 16.0. The third-order valence-electron chi connectivity index (χ3n) is 9.62. The van der Waals surface area contributed by atoms with Gasteiger partial charge in [-0.3, -0.25) is 0 Å². The number of para-hydroxylation sites is 4. The highest BCUT2D eigenvalue weighted by Crippen LogP contribution is 2.42. The highest BCUT2D eigenvalue weighted by molar-refractivity contribution is 6.16. The van der Waals surface area contributed by atoms with Crippen molar-refractivity contribution in [2.75, 3.05) is 0 Å². The summed E-state index contributed by atoms with van der Waals surface area (Å²) in [6.07, 6.45) is 0. The number of nitrogens with zero attached hydrogens (tertiary/aromatic N) is 5. The van der Waals surface area contributed by atoms with E-state index >= 15 is 0 Å². The minimum atomic E-state index is 0.0870. The molecule has 0 amide bonds. The summed E-state index contributed by atoms with van der Waals surface area (Å²) in [7, 11) is 0. The van der Waals surface area contributed by atoms with Gasteiger partial charge in [0.15, 0.2) is 17.0 Å². The maximum absolute atomic E-state index is 10.5. The van der Waals surface area contributed by atoms with Crippen molar-refractivity contribution in [3.63, 3.8) is 0 Å². The van der Waals surface area contributed by atoms with E-state index in [4.69, 9.17) is 4.42 Å². The van der Waals surface area contributed by atoms with Crippen molar-refractivity contribution in [3.05, 3.63) is 151 Å². The fraction of sp³-hybridized carbons (Fsp3) is 0. The number of benzene rings is 6. The molecule has 10 aromatic rings. The highest BCUT2D eigenvalue weighted by atomic mass is 16.3. The molecule has 0 bridgehead atoms. The number of hydrogen-bond acceptors (Lipinski definition) is 4. The number of hydrogen-bond donors (Lipinski definition) is 0. The first kappa shape index (κ1) is 27.0. The summed E-state index contributed by atoms with van der Waals surface area (Å²) in [5, 5.41) is 26.6. The second-order valence-electron chi connectivity index (χ2n) is 12.2. The van der Waals surface area contributed by atoms with Crippen LogP contribution in [0.15, 0.2) is 144 Å². The third-order valence-corrected chi connectivity index (χ3v) is 9.62. The average Bonchev–Trinajstić information content (AvgIpc) is 3.82. The van der Waals surface area contributed by atoms with Crippen molar-refractivity contribution in [3.8, 4) is 34.6 Å². The van der Waals surface area contributed by atoms with Crippen LogP contribution in [-0.2, 0) is 0 Å². The van der Waals surface area contributed by atoms with Crippen LogP contribution in [0.5, 0.6) is 0 Å². The Morgan fingerprint density at radius 3 is 1.67 bits per heavy atom. The lowest BCUT2D eigenvalue weighted by molar-refractivity contribution is 0.665. The van der Waals surface area contributed by atoms with Crippen LogP contribution in [0.2, 0.25) is 0 Å². The summed E-state index contributed by atoms with van der Waals surface area (Å²) >= 11 is 0. The molecule has 0 N–H and O–H groups in total. The molecule has 0 spiro atoms. The Balaban J connectivity index is 1.27. The van der Waals surface area contributed by atoms with Crippen molar-refractivity contribution < 1.29 is 4.42 Å². The van der Waals surface area contributed by atoms with Crippen molar-refractivity contribution in [1.29, 1.82) is 10.5 Å². The van der Waals surface area contributed by atoms with E-state index in [1.165, 1.54) is 5.39 Å². The molecular formula is C43H23N5O. The predicted octanol–water partition coefficient (Wildman–Crippen LogP) is 10.6. The first-order chi connectivity index (χ1) is 24.2. The fourth-order valence-electron chi connectivity index (χ4n) is 7.56. The van der Waals surface area contributed by atoms with Crippen LogP contribution in [0, 0.1) is 22.7 Å². The molecule has 0 aliphatic heterocycles. The molecule has 6 heteroatoms. The van der Waals surface area contributed by atoms with Crippen LogP contribution < -0.4 is 0 Å². The normalized spacial score (nSPS) is 11.6. The van der Waals surface area contributed by atoms with Crippen LogP contribution in [0.3, 0.4) is 0 Å². The van der Waals surface area contributed by atoms with Crippen LogP contribution in [0.25, 0.3) is 88.1 Å². The number of rotatable bonds is 3. The van der Waals surface area contributed by atoms with E-state index in [0.717, 1.165) is 60.4 Å². The predicted molar refractivity (Wildman–Crippen MR) is 195 cm³/mol. The standard InChI is InChI=1S/C43H23N5O/c44-24-34-42(48-37-16-8-4-12-29(37)30-13-5-9-17-38(30)48)41-33-23-27(19-21-40(33)49-43(41)35(25-45)46-34)26-18-20-39-32(22-26)31-14-6-7-15-36(31)47(39)28-10-2-1-3-11-28/h1-23H. The summed E-state index contributed by atoms with van der Waals surface area (Å²) in [5.74, 6) is 0. The molecule has 0 unspecified atom stereocenters. The minimum absolute atomic E-state index is 0.0870. The Morgan fingerprint density at radius 1 is 0.490 bits per heavy atom. The van der Waals surface area contributed by atoms with Crippen molar-refractivity contribution >= 4 is 65.6 Å². The molecule has 10 rings (SSSR count). The quantitative estimate of drug-likeness (QED) is 0.196. The summed E-state index contributed by atoms with van der Waals surface area (Å²) in [6, 6.07) is 52.4. The largest absolute Gasteiger partial charge is 0.453 e. The minimum Gasteiger partial charge on any atom is -0.453 e. The van der Waals surface area contributed by atoms with E-state index < -0.39 is 0 Å². The van der Waals surface area contributed by atoms with E-state index in [9.17, 15) is 10.5 Å². The van der Waals surface area contributed by atoms with E-state index in [-0.39, 0.29) is 11.4 Å². The zero-order valence-electron chi connectivity index (χ0n) is 25.9. The van der Waals surface area contributed by atoms with Gasteiger partial charge in [-0.2, -0.15) is 10.5 Å². The number of aromatic nitrogens is 3. The summed E-state index contributed by atoms with van der Waals surface area (Å²) in [4.78, 5) is 4.53. The molecular weight excluding hydrogens is 603 g/mol. The van der Waals surface area contributed by atoms with Crippen molar-refractivity contribution in [1.82, 2.24) is 14.1 Å². The van der Waals surface area contributed by atoms with E-state index in [1.54, 1.807) is 0 Å². The molecule has 4 heterocycles. The maximum atomic E-state index is 10.5. The van der Waals surface area contributed by atoms with Crippen molar-refractivity contribution in [2.45, 2.75) is 0 Å². The van der Waals surface area contributed by atoms with E-state index in [2.05, 4.69) is 123 Å². The Labute approximate surface area is 279 Å². The van der Waals surface area contributed by atoms with Crippen LogP contribution in [0.1, 0.15) is 11.4 Å². The van der Waals surface area contributed by atoms with Gasteiger partial charge in [0.1, 0.15) is 17.7 Å². The van der Waals surface area contributed by atoms with E-state index in [1.807, 2.05) is 42.5 Å². The fourth-order valence-corrected chi connectivity index (χ4v) is 7.56. The molecule has 226 valence electrons. The maximum Gasteiger partial charge on any atom is 0.185 e. The number of nitriles is 2. The van der Waals surface area contributed by atoms with Gasteiger partial charge in [0.25, 0.3) is 0 Å². The molecule has 6 aromatic carbocycles. The molecule has 49 heavy (non-hydrogen) atoms. The second-order valence-corrected chi connectivity index (χ2v) is 12.2. The summed E-state index contributed by atoms with van der Waals surface area (Å²) < 4.78 is 10.8. The Bertz CT molecular complexity index is 3020. The lowest BCUT2D eigenvalue weighted by Gasteiger charge is -2.12. The molecule has 6 nitrogen and oxygen atoms in total. The van der Waals surface area contributed by atoms with Gasteiger partial charge in [-0.05, 0) is 65.7 Å². The molecule has 0 aliphatic carbocycles. The van der Waals surface area contributed by atoms with Crippen LogP contribution in [-0.4, -0.2) is 14.1 Å². The average molecular weight is 626 g/mol. The Kier molecular flexibility index (Phi) is 5.61. The number of furan rings is 1. The Morgan fingerprint density at radius 2 is 1.02 bits per heavy atom. The third kappa shape index (κ3) is 3.77. The SMILES string of the molecule is N#Cc1nc(C#N)c2oc3ccc(-c4ccc5c(c4)c4ccccc4n5-c4ccccc4)cc3c2c1-n1c2ccccc2c2ccccc21. The molecule has 4 aromatic heterocycles. The lowest BCUT2D eigenvalue weighted by atomic mass is 10.00. The molecule has 0 radical (unpaired) electrons.